The van der Waals surface area contributed by atoms with Gasteiger partial charge >= 0.3 is 5.97 Å². The van der Waals surface area contributed by atoms with Gasteiger partial charge in [0.05, 0.1) is 17.7 Å². The summed E-state index contributed by atoms with van der Waals surface area (Å²) in [4.78, 5) is 32.6. The number of anilines is 4. The Morgan fingerprint density at radius 1 is 1.06 bits per heavy atom. The molecule has 0 aliphatic rings. The molecule has 2 aromatic carbocycles. The number of ether oxygens (including phenoxy) is 1. The Hall–Kier alpha value is -3.66. The number of hydrogen-bond donors (Lipinski definition) is 4. The van der Waals surface area contributed by atoms with E-state index < -0.39 is 0 Å². The van der Waals surface area contributed by atoms with Crippen LogP contribution in [0.25, 0.3) is 0 Å². The molecule has 3 rings (SSSR count). The lowest BCUT2D eigenvalue weighted by Gasteiger charge is -2.14. The predicted molar refractivity (Wildman–Crippen MR) is 127 cm³/mol. The van der Waals surface area contributed by atoms with Crippen molar-refractivity contribution in [2.75, 3.05) is 23.1 Å². The first-order chi connectivity index (χ1) is 15.3. The zero-order valence-corrected chi connectivity index (χ0v) is 19.1. The van der Waals surface area contributed by atoms with E-state index in [9.17, 15) is 9.59 Å². The maximum absolute atomic E-state index is 12.4. The summed E-state index contributed by atoms with van der Waals surface area (Å²) in [5.41, 5.74) is 13.2. The summed E-state index contributed by atoms with van der Waals surface area (Å²) in [6.45, 7) is 4.31. The minimum atomic E-state index is -0.376. The number of rotatable bonds is 8. The normalized spacial score (nSPS) is 10.5. The molecule has 3 aromatic rings. The van der Waals surface area contributed by atoms with Crippen LogP contribution >= 0.6 is 15.9 Å². The number of nitrogens with two attached hydrogens (primary N) is 1. The summed E-state index contributed by atoms with van der Waals surface area (Å²) < 4.78 is 5.88. The maximum atomic E-state index is 12.4. The molecular weight excluding hydrogens is 476 g/mol. The third kappa shape index (κ3) is 5.94. The van der Waals surface area contributed by atoms with E-state index in [1.807, 2.05) is 19.9 Å². The summed E-state index contributed by atoms with van der Waals surface area (Å²) in [5.74, 6) is 0.107. The van der Waals surface area contributed by atoms with Crippen molar-refractivity contribution in [2.45, 2.75) is 13.8 Å². The molecule has 0 aliphatic carbocycles. The van der Waals surface area contributed by atoms with Crippen LogP contribution < -0.4 is 21.9 Å². The summed E-state index contributed by atoms with van der Waals surface area (Å²) in [5, 5.41) is 3.07. The third-order valence-corrected chi connectivity index (χ3v) is 4.92. The Morgan fingerprint density at radius 2 is 1.75 bits per heavy atom. The van der Waals surface area contributed by atoms with Gasteiger partial charge in [-0.1, -0.05) is 26.0 Å². The predicted octanol–water partition coefficient (Wildman–Crippen LogP) is 4.13. The van der Waals surface area contributed by atoms with Crippen molar-refractivity contribution in [2.24, 2.45) is 5.92 Å². The van der Waals surface area contributed by atoms with Gasteiger partial charge in [-0.25, -0.2) is 14.8 Å². The van der Waals surface area contributed by atoms with Crippen molar-refractivity contribution in [3.8, 4) is 0 Å². The van der Waals surface area contributed by atoms with E-state index in [0.717, 1.165) is 0 Å². The van der Waals surface area contributed by atoms with Gasteiger partial charge in [0.2, 0.25) is 0 Å². The molecule has 0 radical (unpaired) electrons. The average molecular weight is 499 g/mol. The van der Waals surface area contributed by atoms with Crippen molar-refractivity contribution >= 4 is 50.8 Å². The Labute approximate surface area is 193 Å². The number of esters is 1. The van der Waals surface area contributed by atoms with Crippen molar-refractivity contribution in [3.63, 3.8) is 0 Å². The van der Waals surface area contributed by atoms with Crippen molar-refractivity contribution in [1.82, 2.24) is 15.4 Å². The summed E-state index contributed by atoms with van der Waals surface area (Å²) >= 11 is 3.34. The second-order valence-corrected chi connectivity index (χ2v) is 8.09. The van der Waals surface area contributed by atoms with Crippen molar-refractivity contribution < 1.29 is 14.3 Å². The summed E-state index contributed by atoms with van der Waals surface area (Å²) in [6.07, 6.45) is 1.31. The lowest BCUT2D eigenvalue weighted by atomic mass is 10.2. The minimum Gasteiger partial charge on any atom is -0.462 e. The highest BCUT2D eigenvalue weighted by atomic mass is 79.9. The quantitative estimate of drug-likeness (QED) is 0.269. The lowest BCUT2D eigenvalue weighted by Crippen LogP contribution is -2.30. The number of halogens is 1. The number of nitrogens with one attached hydrogen (secondary N) is 3. The van der Waals surface area contributed by atoms with Gasteiger partial charge in [-0.15, -0.1) is 0 Å². The molecule has 0 aliphatic heterocycles. The molecular formula is C22H23BrN6O3. The van der Waals surface area contributed by atoms with Gasteiger partial charge in [-0.2, -0.15) is 0 Å². The van der Waals surface area contributed by atoms with Crippen LogP contribution in [0.5, 0.6) is 0 Å². The molecule has 1 heterocycles. The van der Waals surface area contributed by atoms with Crippen LogP contribution in [0.4, 0.5) is 23.0 Å². The van der Waals surface area contributed by atoms with E-state index in [2.05, 4.69) is 42.1 Å². The van der Waals surface area contributed by atoms with Gasteiger partial charge in [-0.3, -0.25) is 15.6 Å². The minimum absolute atomic E-state index is 0.209. The van der Waals surface area contributed by atoms with Crippen LogP contribution in [0.3, 0.4) is 0 Å². The number of nitrogen functional groups attached to an aromatic ring is 1. The van der Waals surface area contributed by atoms with Crippen LogP contribution in [0.15, 0.2) is 59.3 Å². The molecule has 0 saturated heterocycles. The van der Waals surface area contributed by atoms with E-state index >= 15 is 0 Å². The molecule has 0 fully saturated rings. The smallest absolute Gasteiger partial charge is 0.338 e. The highest BCUT2D eigenvalue weighted by Crippen LogP contribution is 2.25. The van der Waals surface area contributed by atoms with Crippen LogP contribution in [0, 0.1) is 5.92 Å². The molecule has 10 heteroatoms. The molecule has 9 nitrogen and oxygen atoms in total. The first-order valence-corrected chi connectivity index (χ1v) is 10.6. The topological polar surface area (TPSA) is 131 Å². The third-order valence-electron chi connectivity index (χ3n) is 4.23. The molecule has 1 aromatic heterocycles. The maximum Gasteiger partial charge on any atom is 0.338 e. The molecule has 0 atom stereocenters. The van der Waals surface area contributed by atoms with Crippen LogP contribution in [-0.4, -0.2) is 28.5 Å². The highest BCUT2D eigenvalue weighted by molar-refractivity contribution is 9.10. The average Bonchev–Trinajstić information content (AvgIpc) is 2.78. The zero-order valence-electron chi connectivity index (χ0n) is 17.6. The Balaban J connectivity index is 1.65. The van der Waals surface area contributed by atoms with Crippen LogP contribution in [0.1, 0.15) is 34.6 Å². The van der Waals surface area contributed by atoms with Gasteiger partial charge in [0.1, 0.15) is 12.0 Å². The first-order valence-electron chi connectivity index (χ1n) is 9.80. The van der Waals surface area contributed by atoms with Gasteiger partial charge < -0.3 is 15.8 Å². The number of benzene rings is 2. The monoisotopic (exact) mass is 498 g/mol. The van der Waals surface area contributed by atoms with Crippen LogP contribution in [-0.2, 0) is 4.74 Å². The number of carbonyl (C=O) groups is 2. The molecule has 0 unspecified atom stereocenters. The van der Waals surface area contributed by atoms with Gasteiger partial charge in [-0.05, 0) is 58.2 Å². The molecule has 0 saturated carbocycles. The molecule has 166 valence electrons. The molecule has 1 amide bonds. The zero-order chi connectivity index (χ0) is 23.1. The lowest BCUT2D eigenvalue weighted by molar-refractivity contribution is 0.0459. The molecule has 0 spiro atoms. The highest BCUT2D eigenvalue weighted by Gasteiger charge is 2.13. The number of hydrazine groups is 1. The fraction of sp³-hybridized carbons (Fsp3) is 0.182. The number of carbonyl (C=O) groups excluding carboxylic acids is 2. The Morgan fingerprint density at radius 3 is 2.44 bits per heavy atom. The summed E-state index contributed by atoms with van der Waals surface area (Å²) in [7, 11) is 0. The largest absolute Gasteiger partial charge is 0.462 e. The molecule has 32 heavy (non-hydrogen) atoms. The number of aromatic nitrogens is 2. The fourth-order valence-corrected chi connectivity index (χ4v) is 3.04. The standard InChI is InChI=1S/C22H23BrN6O3/c1-13(2)11-32-22(31)14-7-9-15(10-8-14)27-19-18(24)20(26-12-25-19)28-29-21(30)16-5-3-4-6-17(16)23/h3-10,12-13H,11,24H2,1-2H3,(H,29,30)(H2,25,26,27,28). The van der Waals surface area contributed by atoms with E-state index in [4.69, 9.17) is 10.5 Å². The molecule has 0 bridgehead atoms. The number of hydrogen-bond acceptors (Lipinski definition) is 8. The summed E-state index contributed by atoms with van der Waals surface area (Å²) in [6, 6.07) is 13.8. The molecule has 5 N–H and O–H groups in total. The Bertz CT molecular complexity index is 1110. The van der Waals surface area contributed by atoms with E-state index in [-0.39, 0.29) is 29.3 Å². The van der Waals surface area contributed by atoms with Gasteiger partial charge in [0, 0.05) is 10.2 Å². The van der Waals surface area contributed by atoms with E-state index in [0.29, 0.717) is 33.7 Å². The fourth-order valence-electron chi connectivity index (χ4n) is 2.58. The van der Waals surface area contributed by atoms with Gasteiger partial charge in [0.15, 0.2) is 11.6 Å². The Kier molecular flexibility index (Phi) is 7.61. The van der Waals surface area contributed by atoms with Gasteiger partial charge in [0.25, 0.3) is 5.91 Å². The van der Waals surface area contributed by atoms with E-state index in [1.165, 1.54) is 6.33 Å². The van der Waals surface area contributed by atoms with Crippen molar-refractivity contribution in [3.05, 3.63) is 70.5 Å². The van der Waals surface area contributed by atoms with E-state index in [1.54, 1.807) is 42.5 Å². The second-order valence-electron chi connectivity index (χ2n) is 7.24. The number of amides is 1. The van der Waals surface area contributed by atoms with Crippen LogP contribution in [0.2, 0.25) is 0 Å². The SMILES string of the molecule is CC(C)COC(=O)c1ccc(Nc2ncnc(NNC(=O)c3ccccc3Br)c2N)cc1. The first kappa shape index (κ1) is 23.0. The number of nitrogens with zero attached hydrogens (tertiary/aromatic N) is 2. The van der Waals surface area contributed by atoms with Crippen molar-refractivity contribution in [1.29, 1.82) is 0 Å². The second kappa shape index (κ2) is 10.6.